The van der Waals surface area contributed by atoms with Crippen LogP contribution in [-0.2, 0) is 0 Å². The van der Waals surface area contributed by atoms with Gasteiger partial charge in [0, 0.05) is 19.7 Å². The molecule has 2 unspecified atom stereocenters. The standard InChI is InChI=1S/C26H55NO3/c1-3-5-7-9-11-15-19-25(29)23-27(21-17-13-14-18-22-28)24-26(30)20-16-12-10-8-6-4-2/h25-26,28-30H,3-24H2,1-2H3. The molecule has 0 saturated carbocycles. The molecule has 0 aromatic heterocycles. The highest BCUT2D eigenvalue weighted by molar-refractivity contribution is 4.70. The number of hydrogen-bond acceptors (Lipinski definition) is 4. The Labute approximate surface area is 188 Å². The minimum atomic E-state index is -0.283. The topological polar surface area (TPSA) is 63.9 Å². The van der Waals surface area contributed by atoms with Gasteiger partial charge in [0.1, 0.15) is 0 Å². The molecule has 0 heterocycles. The summed E-state index contributed by atoms with van der Waals surface area (Å²) in [5.74, 6) is 0. The predicted molar refractivity (Wildman–Crippen MR) is 130 cm³/mol. The van der Waals surface area contributed by atoms with Crippen LogP contribution in [0.3, 0.4) is 0 Å². The molecule has 0 aromatic rings. The van der Waals surface area contributed by atoms with Crippen LogP contribution >= 0.6 is 0 Å². The lowest BCUT2D eigenvalue weighted by Crippen LogP contribution is -2.38. The molecular formula is C26H55NO3. The van der Waals surface area contributed by atoms with Crippen LogP contribution in [0.5, 0.6) is 0 Å². The van der Waals surface area contributed by atoms with E-state index in [1.807, 2.05) is 0 Å². The van der Waals surface area contributed by atoms with Crippen molar-refractivity contribution in [2.24, 2.45) is 0 Å². The zero-order valence-electron chi connectivity index (χ0n) is 20.5. The van der Waals surface area contributed by atoms with Crippen molar-refractivity contribution >= 4 is 0 Å². The van der Waals surface area contributed by atoms with Crippen LogP contribution < -0.4 is 0 Å². The van der Waals surface area contributed by atoms with Crippen molar-refractivity contribution in [3.8, 4) is 0 Å². The van der Waals surface area contributed by atoms with Gasteiger partial charge < -0.3 is 15.3 Å². The first-order valence-corrected chi connectivity index (χ1v) is 13.3. The number of hydrogen-bond donors (Lipinski definition) is 3. The molecule has 4 heteroatoms. The third kappa shape index (κ3) is 21.1. The summed E-state index contributed by atoms with van der Waals surface area (Å²) in [5, 5.41) is 30.0. The zero-order chi connectivity index (χ0) is 22.3. The van der Waals surface area contributed by atoms with E-state index in [4.69, 9.17) is 5.11 Å². The fourth-order valence-corrected chi connectivity index (χ4v) is 4.16. The predicted octanol–water partition coefficient (Wildman–Crippen LogP) is 6.06. The first kappa shape index (κ1) is 29.8. The van der Waals surface area contributed by atoms with Gasteiger partial charge in [-0.15, -0.1) is 0 Å². The van der Waals surface area contributed by atoms with Gasteiger partial charge >= 0.3 is 0 Å². The molecule has 0 aliphatic rings. The monoisotopic (exact) mass is 429 g/mol. The van der Waals surface area contributed by atoms with Gasteiger partial charge in [0.25, 0.3) is 0 Å². The number of nitrogens with zero attached hydrogens (tertiary/aromatic N) is 1. The van der Waals surface area contributed by atoms with E-state index in [0.29, 0.717) is 13.1 Å². The van der Waals surface area contributed by atoms with Crippen molar-refractivity contribution in [3.63, 3.8) is 0 Å². The maximum absolute atomic E-state index is 10.5. The average Bonchev–Trinajstić information content (AvgIpc) is 2.72. The van der Waals surface area contributed by atoms with E-state index in [1.165, 1.54) is 64.2 Å². The highest BCUT2D eigenvalue weighted by Crippen LogP contribution is 2.13. The summed E-state index contributed by atoms with van der Waals surface area (Å²) in [6.45, 7) is 7.06. The van der Waals surface area contributed by atoms with Gasteiger partial charge in [-0.1, -0.05) is 104 Å². The zero-order valence-corrected chi connectivity index (χ0v) is 20.5. The molecule has 0 aliphatic heterocycles. The molecule has 0 amide bonds. The molecule has 0 aliphatic carbocycles. The highest BCUT2D eigenvalue weighted by atomic mass is 16.3. The van der Waals surface area contributed by atoms with E-state index >= 15 is 0 Å². The van der Waals surface area contributed by atoms with Gasteiger partial charge in [0.15, 0.2) is 0 Å². The van der Waals surface area contributed by atoms with E-state index < -0.39 is 0 Å². The smallest absolute Gasteiger partial charge is 0.0667 e. The molecule has 3 N–H and O–H groups in total. The van der Waals surface area contributed by atoms with Crippen molar-refractivity contribution in [2.45, 2.75) is 142 Å². The fourth-order valence-electron chi connectivity index (χ4n) is 4.16. The summed E-state index contributed by atoms with van der Waals surface area (Å²) in [7, 11) is 0. The second-order valence-electron chi connectivity index (χ2n) is 9.32. The van der Waals surface area contributed by atoms with Crippen molar-refractivity contribution in [3.05, 3.63) is 0 Å². The fraction of sp³-hybridized carbons (Fsp3) is 1.00. The molecule has 0 fully saturated rings. The summed E-state index contributed by atoms with van der Waals surface area (Å²) in [4.78, 5) is 2.28. The van der Waals surface area contributed by atoms with Gasteiger partial charge in [-0.05, 0) is 32.2 Å². The van der Waals surface area contributed by atoms with Crippen LogP contribution in [-0.4, -0.2) is 58.7 Å². The number of aliphatic hydroxyl groups is 3. The van der Waals surface area contributed by atoms with E-state index in [2.05, 4.69) is 18.7 Å². The van der Waals surface area contributed by atoms with Crippen LogP contribution in [0.2, 0.25) is 0 Å². The largest absolute Gasteiger partial charge is 0.396 e. The Kier molecular flexibility index (Phi) is 23.4. The summed E-state index contributed by atoms with van der Waals surface area (Å²) in [6, 6.07) is 0. The van der Waals surface area contributed by atoms with E-state index in [0.717, 1.165) is 57.9 Å². The molecule has 0 radical (unpaired) electrons. The molecule has 4 nitrogen and oxygen atoms in total. The van der Waals surface area contributed by atoms with Crippen LogP contribution in [0.25, 0.3) is 0 Å². The Morgan fingerprint density at radius 3 is 1.40 bits per heavy atom. The first-order valence-electron chi connectivity index (χ1n) is 13.3. The van der Waals surface area contributed by atoms with Gasteiger partial charge in [-0.3, -0.25) is 4.90 Å². The molecule has 0 bridgehead atoms. The Balaban J connectivity index is 4.15. The van der Waals surface area contributed by atoms with Crippen LogP contribution in [0.1, 0.15) is 129 Å². The third-order valence-electron chi connectivity index (χ3n) is 6.10. The lowest BCUT2D eigenvalue weighted by atomic mass is 10.1. The Morgan fingerprint density at radius 2 is 0.933 bits per heavy atom. The third-order valence-corrected chi connectivity index (χ3v) is 6.10. The minimum absolute atomic E-state index is 0.275. The highest BCUT2D eigenvalue weighted by Gasteiger charge is 2.15. The van der Waals surface area contributed by atoms with Crippen LogP contribution in [0.4, 0.5) is 0 Å². The molecule has 0 saturated heterocycles. The summed E-state index contributed by atoms with van der Waals surface area (Å²) < 4.78 is 0. The maximum Gasteiger partial charge on any atom is 0.0667 e. The Bertz CT molecular complexity index is 303. The number of rotatable bonds is 24. The molecule has 0 spiro atoms. The maximum atomic E-state index is 10.5. The summed E-state index contributed by atoms with van der Waals surface area (Å²) in [6.07, 6.45) is 20.4. The Hall–Kier alpha value is -0.160. The van der Waals surface area contributed by atoms with Gasteiger partial charge in [0.2, 0.25) is 0 Å². The van der Waals surface area contributed by atoms with E-state index in [1.54, 1.807) is 0 Å². The van der Waals surface area contributed by atoms with Gasteiger partial charge in [0.05, 0.1) is 12.2 Å². The quantitative estimate of drug-likeness (QED) is 0.163. The van der Waals surface area contributed by atoms with Crippen LogP contribution in [0, 0.1) is 0 Å². The van der Waals surface area contributed by atoms with Crippen molar-refractivity contribution in [2.75, 3.05) is 26.2 Å². The lowest BCUT2D eigenvalue weighted by molar-refractivity contribution is 0.0596. The van der Waals surface area contributed by atoms with E-state index in [-0.39, 0.29) is 18.8 Å². The molecule has 2 atom stereocenters. The molecule has 30 heavy (non-hydrogen) atoms. The molecule has 0 rings (SSSR count). The number of unbranched alkanes of at least 4 members (excludes halogenated alkanes) is 13. The second-order valence-corrected chi connectivity index (χ2v) is 9.32. The van der Waals surface area contributed by atoms with Crippen molar-refractivity contribution in [1.29, 1.82) is 0 Å². The second kappa shape index (κ2) is 23.5. The average molecular weight is 430 g/mol. The summed E-state index contributed by atoms with van der Waals surface area (Å²) in [5.41, 5.74) is 0. The van der Waals surface area contributed by atoms with Crippen molar-refractivity contribution < 1.29 is 15.3 Å². The summed E-state index contributed by atoms with van der Waals surface area (Å²) >= 11 is 0. The van der Waals surface area contributed by atoms with Crippen molar-refractivity contribution in [1.82, 2.24) is 4.90 Å². The van der Waals surface area contributed by atoms with Crippen LogP contribution in [0.15, 0.2) is 0 Å². The first-order chi connectivity index (χ1) is 14.6. The normalized spacial score (nSPS) is 13.8. The Morgan fingerprint density at radius 1 is 0.533 bits per heavy atom. The molecule has 0 aromatic carbocycles. The molecular weight excluding hydrogens is 374 g/mol. The number of aliphatic hydroxyl groups excluding tert-OH is 3. The lowest BCUT2D eigenvalue weighted by Gasteiger charge is -2.27. The minimum Gasteiger partial charge on any atom is -0.396 e. The molecule has 182 valence electrons. The van der Waals surface area contributed by atoms with Gasteiger partial charge in [-0.2, -0.15) is 0 Å². The van der Waals surface area contributed by atoms with Gasteiger partial charge in [-0.25, -0.2) is 0 Å². The van der Waals surface area contributed by atoms with E-state index in [9.17, 15) is 10.2 Å². The SMILES string of the molecule is CCCCCCCCC(O)CN(CCCCCCO)CC(O)CCCCCCCC.